The lowest BCUT2D eigenvalue weighted by Crippen LogP contribution is -2.33. The van der Waals surface area contributed by atoms with Gasteiger partial charge in [0.1, 0.15) is 0 Å². The molecular weight excluding hydrogens is 188 g/mol. The molecule has 1 rings (SSSR count). The number of rotatable bonds is 1. The predicted octanol–water partition coefficient (Wildman–Crippen LogP) is 0.353. The summed E-state index contributed by atoms with van der Waals surface area (Å²) in [6, 6.07) is 2.20. The van der Waals surface area contributed by atoms with Crippen LogP contribution >= 0.6 is 0 Å². The summed E-state index contributed by atoms with van der Waals surface area (Å²) in [5.41, 5.74) is -0.388. The van der Waals surface area contributed by atoms with Crippen molar-refractivity contribution in [1.82, 2.24) is 0 Å². The van der Waals surface area contributed by atoms with Gasteiger partial charge in [0.2, 0.25) is 0 Å². The van der Waals surface area contributed by atoms with Gasteiger partial charge in [-0.15, -0.1) is 3.98 Å². The van der Waals surface area contributed by atoms with Crippen molar-refractivity contribution < 1.29 is 12.4 Å². The lowest BCUT2D eigenvalue weighted by atomic mass is 9.84. The second kappa shape index (κ2) is 3.11. The Morgan fingerprint density at radius 1 is 1.62 bits per heavy atom. The van der Waals surface area contributed by atoms with Gasteiger partial charge in [0.25, 0.3) is 0 Å². The van der Waals surface area contributed by atoms with Crippen LogP contribution in [0.15, 0.2) is 0 Å². The smallest absolute Gasteiger partial charge is 0.198 e. The second-order valence-corrected chi connectivity index (χ2v) is 5.62. The molecule has 1 unspecified atom stereocenters. The Morgan fingerprint density at radius 2 is 2.23 bits per heavy atom. The Morgan fingerprint density at radius 3 is 2.54 bits per heavy atom. The van der Waals surface area contributed by atoms with Crippen LogP contribution in [-0.4, -0.2) is 31.4 Å². The molecule has 0 aromatic rings. The molecule has 4 nitrogen and oxygen atoms in total. The SMILES string of the molecule is CC1(C#N)CC=[N+](S(C)(=O)=O)CC1. The second-order valence-electron chi connectivity index (χ2n) is 3.68. The highest BCUT2D eigenvalue weighted by Crippen LogP contribution is 2.26. The van der Waals surface area contributed by atoms with Gasteiger partial charge in [-0.1, -0.05) is 0 Å². The summed E-state index contributed by atoms with van der Waals surface area (Å²) in [7, 11) is -3.12. The molecular formula is C8H13N2O2S+. The van der Waals surface area contributed by atoms with Crippen molar-refractivity contribution in [1.29, 1.82) is 5.26 Å². The van der Waals surface area contributed by atoms with E-state index in [1.165, 1.54) is 10.2 Å². The van der Waals surface area contributed by atoms with Gasteiger partial charge in [-0.25, -0.2) is 0 Å². The Hall–Kier alpha value is -0.890. The highest BCUT2D eigenvalue weighted by molar-refractivity contribution is 7.84. The molecule has 1 aliphatic heterocycles. The Balaban J connectivity index is 2.88. The van der Waals surface area contributed by atoms with E-state index < -0.39 is 10.0 Å². The first-order chi connectivity index (χ1) is 5.87. The minimum atomic E-state index is -3.12. The van der Waals surface area contributed by atoms with Crippen molar-refractivity contribution in [2.45, 2.75) is 19.8 Å². The van der Waals surface area contributed by atoms with Crippen LogP contribution < -0.4 is 0 Å². The van der Waals surface area contributed by atoms with Gasteiger partial charge in [0, 0.05) is 12.8 Å². The van der Waals surface area contributed by atoms with Gasteiger partial charge in [-0.2, -0.15) is 13.7 Å². The first kappa shape index (κ1) is 10.2. The quantitative estimate of drug-likeness (QED) is 0.575. The predicted molar refractivity (Wildman–Crippen MR) is 49.0 cm³/mol. The van der Waals surface area contributed by atoms with E-state index in [2.05, 4.69) is 6.07 Å². The molecule has 0 saturated carbocycles. The third kappa shape index (κ3) is 2.28. The van der Waals surface area contributed by atoms with Gasteiger partial charge in [0.15, 0.2) is 12.8 Å². The van der Waals surface area contributed by atoms with Crippen LogP contribution in [0.5, 0.6) is 0 Å². The normalized spacial score (nSPS) is 29.2. The van der Waals surface area contributed by atoms with Crippen molar-refractivity contribution in [2.24, 2.45) is 5.41 Å². The molecule has 0 radical (unpaired) electrons. The van der Waals surface area contributed by atoms with Crippen LogP contribution in [0.4, 0.5) is 0 Å². The summed E-state index contributed by atoms with van der Waals surface area (Å²) in [4.78, 5) is 0. The van der Waals surface area contributed by atoms with Crippen LogP contribution in [0, 0.1) is 16.7 Å². The standard InChI is InChI=1S/C8H13N2O2S/c1-8(7-9)3-5-10(6-4-8)13(2,11)12/h5H,3-4,6H2,1-2H3/q+1. The van der Waals surface area contributed by atoms with Crippen molar-refractivity contribution in [3.05, 3.63) is 0 Å². The van der Waals surface area contributed by atoms with Gasteiger partial charge < -0.3 is 0 Å². The van der Waals surface area contributed by atoms with Crippen molar-refractivity contribution in [3.63, 3.8) is 0 Å². The maximum atomic E-state index is 11.1. The van der Waals surface area contributed by atoms with E-state index in [0.717, 1.165) is 0 Å². The molecule has 72 valence electrons. The molecule has 0 aromatic carbocycles. The van der Waals surface area contributed by atoms with Crippen molar-refractivity contribution in [3.8, 4) is 6.07 Å². The van der Waals surface area contributed by atoms with Crippen LogP contribution in [0.1, 0.15) is 19.8 Å². The van der Waals surface area contributed by atoms with E-state index in [-0.39, 0.29) is 5.41 Å². The fourth-order valence-electron chi connectivity index (χ4n) is 1.26. The molecule has 1 aliphatic rings. The molecule has 0 aromatic heterocycles. The van der Waals surface area contributed by atoms with Gasteiger partial charge in [0.05, 0.1) is 17.7 Å². The zero-order chi connectivity index (χ0) is 10.1. The maximum absolute atomic E-state index is 11.1. The summed E-state index contributed by atoms with van der Waals surface area (Å²) in [6.45, 7) is 2.27. The number of nitrogens with zero attached hydrogens (tertiary/aromatic N) is 2. The summed E-state index contributed by atoms with van der Waals surface area (Å²) >= 11 is 0. The van der Waals surface area contributed by atoms with E-state index in [4.69, 9.17) is 5.26 Å². The molecule has 0 saturated heterocycles. The van der Waals surface area contributed by atoms with Crippen LogP contribution in [-0.2, 0) is 10.0 Å². The van der Waals surface area contributed by atoms with Crippen LogP contribution in [0.3, 0.4) is 0 Å². The van der Waals surface area contributed by atoms with E-state index in [0.29, 0.717) is 19.4 Å². The van der Waals surface area contributed by atoms with Crippen molar-refractivity contribution in [2.75, 3.05) is 12.8 Å². The van der Waals surface area contributed by atoms with E-state index in [1.54, 1.807) is 6.21 Å². The molecule has 0 aliphatic carbocycles. The molecule has 13 heavy (non-hydrogen) atoms. The van der Waals surface area contributed by atoms with E-state index in [1.807, 2.05) is 6.92 Å². The number of hydrogen-bond acceptors (Lipinski definition) is 3. The van der Waals surface area contributed by atoms with Crippen LogP contribution in [0.25, 0.3) is 0 Å². The lowest BCUT2D eigenvalue weighted by molar-refractivity contribution is -0.372. The average Bonchev–Trinajstić information content (AvgIpc) is 2.04. The summed E-state index contributed by atoms with van der Waals surface area (Å²) in [5.74, 6) is 0. The highest BCUT2D eigenvalue weighted by atomic mass is 32.2. The third-order valence-electron chi connectivity index (χ3n) is 2.33. The fourth-order valence-corrected chi connectivity index (χ4v) is 2.02. The average molecular weight is 201 g/mol. The largest absolute Gasteiger partial charge is 0.361 e. The Labute approximate surface area is 78.5 Å². The topological polar surface area (TPSA) is 60.9 Å². The minimum absolute atomic E-state index is 0.388. The number of sulfonamides is 1. The van der Waals surface area contributed by atoms with Crippen molar-refractivity contribution >= 4 is 16.2 Å². The third-order valence-corrected chi connectivity index (χ3v) is 3.51. The van der Waals surface area contributed by atoms with Gasteiger partial charge in [-0.05, 0) is 6.92 Å². The zero-order valence-corrected chi connectivity index (χ0v) is 8.63. The molecule has 1 heterocycles. The highest BCUT2D eigenvalue weighted by Gasteiger charge is 2.33. The molecule has 0 fully saturated rings. The summed E-state index contributed by atoms with van der Waals surface area (Å²) < 4.78 is 23.5. The first-order valence-corrected chi connectivity index (χ1v) is 5.94. The first-order valence-electron chi connectivity index (χ1n) is 4.09. The van der Waals surface area contributed by atoms with Crippen LogP contribution in [0.2, 0.25) is 0 Å². The zero-order valence-electron chi connectivity index (χ0n) is 7.82. The molecule has 1 atom stereocenters. The molecule has 5 heteroatoms. The van der Waals surface area contributed by atoms with Gasteiger partial charge in [-0.3, -0.25) is 0 Å². The monoisotopic (exact) mass is 201 g/mol. The number of hydrogen-bond donors (Lipinski definition) is 0. The maximum Gasteiger partial charge on any atom is 0.361 e. The summed E-state index contributed by atoms with van der Waals surface area (Å²) in [6.07, 6.45) is 3.89. The molecule has 0 amide bonds. The Kier molecular flexibility index (Phi) is 2.44. The molecule has 0 spiro atoms. The number of nitriles is 1. The molecule has 0 bridgehead atoms. The lowest BCUT2D eigenvalue weighted by Gasteiger charge is -2.20. The summed E-state index contributed by atoms with van der Waals surface area (Å²) in [5, 5.41) is 8.80. The Bertz CT molecular complexity index is 377. The molecule has 0 N–H and O–H groups in total. The van der Waals surface area contributed by atoms with Gasteiger partial charge >= 0.3 is 10.0 Å². The van der Waals surface area contributed by atoms with E-state index in [9.17, 15) is 8.42 Å². The fraction of sp³-hybridized carbons (Fsp3) is 0.750. The minimum Gasteiger partial charge on any atom is -0.198 e. The van der Waals surface area contributed by atoms with E-state index >= 15 is 0 Å².